The first-order valence-corrected chi connectivity index (χ1v) is 6.67. The van der Waals surface area contributed by atoms with Gasteiger partial charge in [-0.25, -0.2) is 0 Å². The third-order valence-electron chi connectivity index (χ3n) is 3.18. The predicted octanol–water partition coefficient (Wildman–Crippen LogP) is 3.57. The van der Waals surface area contributed by atoms with Crippen molar-refractivity contribution in [2.75, 3.05) is 0 Å². The van der Waals surface area contributed by atoms with E-state index in [2.05, 4.69) is 40.8 Å². The molecule has 17 heavy (non-hydrogen) atoms. The Bertz CT molecular complexity index is 493. The summed E-state index contributed by atoms with van der Waals surface area (Å²) in [5, 5.41) is 18.9. The number of nitrogens with zero attached hydrogens (tertiary/aromatic N) is 2. The maximum Gasteiger partial charge on any atom is 0.165 e. The summed E-state index contributed by atoms with van der Waals surface area (Å²) in [7, 11) is 0. The zero-order chi connectivity index (χ0) is 12.3. The van der Waals surface area contributed by atoms with Crippen LogP contribution in [0, 0.1) is 28.1 Å². The molecule has 0 N–H and O–H groups in total. The van der Waals surface area contributed by atoms with Gasteiger partial charge >= 0.3 is 0 Å². The Morgan fingerprint density at radius 2 is 1.82 bits per heavy atom. The van der Waals surface area contributed by atoms with E-state index >= 15 is 0 Å². The van der Waals surface area contributed by atoms with E-state index in [4.69, 9.17) is 0 Å². The van der Waals surface area contributed by atoms with E-state index in [0.717, 1.165) is 12.0 Å². The van der Waals surface area contributed by atoms with Gasteiger partial charge in [-0.3, -0.25) is 0 Å². The minimum atomic E-state index is -0.948. The topological polar surface area (TPSA) is 47.6 Å². The Hall–Kier alpha value is -1.33. The second-order valence-electron chi connectivity index (χ2n) is 4.11. The monoisotopic (exact) mass is 334 g/mol. The second kappa shape index (κ2) is 4.89. The molecule has 1 aromatic carbocycles. The fourth-order valence-electron chi connectivity index (χ4n) is 2.21. The highest BCUT2D eigenvalue weighted by Crippen LogP contribution is 2.46. The van der Waals surface area contributed by atoms with Gasteiger partial charge in [0.1, 0.15) is 0 Å². The third-order valence-corrected chi connectivity index (χ3v) is 4.68. The molecule has 0 heterocycles. The number of hydrogen-bond donors (Lipinski definition) is 0. The van der Waals surface area contributed by atoms with Gasteiger partial charge in [0.2, 0.25) is 0 Å². The van der Waals surface area contributed by atoms with Crippen molar-refractivity contribution in [3.8, 4) is 12.1 Å². The van der Waals surface area contributed by atoms with Crippen molar-refractivity contribution >= 4 is 22.6 Å². The van der Waals surface area contributed by atoms with Gasteiger partial charge in [0.15, 0.2) is 5.41 Å². The van der Waals surface area contributed by atoms with Crippen LogP contribution in [0.5, 0.6) is 0 Å². The summed E-state index contributed by atoms with van der Waals surface area (Å²) in [6.45, 7) is 0. The summed E-state index contributed by atoms with van der Waals surface area (Å²) in [4.78, 5) is 0. The van der Waals surface area contributed by atoms with Crippen molar-refractivity contribution in [1.29, 1.82) is 10.5 Å². The Balaban J connectivity index is 2.53. The lowest BCUT2D eigenvalue weighted by Crippen LogP contribution is -2.36. The summed E-state index contributed by atoms with van der Waals surface area (Å²) >= 11 is 2.22. The maximum absolute atomic E-state index is 9.43. The lowest BCUT2D eigenvalue weighted by Gasteiger charge is -2.34. The van der Waals surface area contributed by atoms with Crippen molar-refractivity contribution in [1.82, 2.24) is 0 Å². The van der Waals surface area contributed by atoms with Gasteiger partial charge < -0.3 is 0 Å². The number of allylic oxidation sites excluding steroid dienone is 2. The molecule has 0 radical (unpaired) electrons. The van der Waals surface area contributed by atoms with Crippen molar-refractivity contribution in [3.63, 3.8) is 0 Å². The molecular formula is C14H11IN2. The number of hydrogen-bond acceptors (Lipinski definition) is 2. The molecule has 0 aliphatic heterocycles. The van der Waals surface area contributed by atoms with E-state index in [-0.39, 0.29) is 9.84 Å². The molecule has 0 aromatic heterocycles. The highest BCUT2D eigenvalue weighted by molar-refractivity contribution is 14.1. The lowest BCUT2D eigenvalue weighted by atomic mass is 9.68. The van der Waals surface area contributed by atoms with Gasteiger partial charge in [0, 0.05) is 9.84 Å². The van der Waals surface area contributed by atoms with Crippen LogP contribution in [0.15, 0.2) is 42.5 Å². The molecule has 2 unspecified atom stereocenters. The van der Waals surface area contributed by atoms with Gasteiger partial charge in [-0.05, 0) is 12.0 Å². The van der Waals surface area contributed by atoms with Crippen LogP contribution in [-0.4, -0.2) is 3.92 Å². The van der Waals surface area contributed by atoms with Gasteiger partial charge in [0.25, 0.3) is 0 Å². The minimum Gasteiger partial charge on any atom is -0.196 e. The molecule has 0 amide bonds. The molecular weight excluding hydrogens is 323 g/mol. The number of alkyl halides is 1. The van der Waals surface area contributed by atoms with Crippen LogP contribution < -0.4 is 0 Å². The lowest BCUT2D eigenvalue weighted by molar-refractivity contribution is 0.442. The normalized spacial score (nSPS) is 25.8. The van der Waals surface area contributed by atoms with Gasteiger partial charge in [0.05, 0.1) is 12.1 Å². The van der Waals surface area contributed by atoms with Crippen molar-refractivity contribution in [2.24, 2.45) is 5.41 Å². The highest BCUT2D eigenvalue weighted by Gasteiger charge is 2.46. The average Bonchev–Trinajstić information content (AvgIpc) is 2.40. The van der Waals surface area contributed by atoms with Crippen molar-refractivity contribution in [2.45, 2.75) is 16.3 Å². The van der Waals surface area contributed by atoms with Crippen molar-refractivity contribution in [3.05, 3.63) is 48.0 Å². The standard InChI is InChI=1S/C14H11IN2/c15-13-8-4-7-12(14(13,9-16)10-17)11-5-2-1-3-6-11/h1-7,12-13H,8H2. The van der Waals surface area contributed by atoms with Gasteiger partial charge in [-0.1, -0.05) is 65.1 Å². The van der Waals surface area contributed by atoms with Crippen LogP contribution in [-0.2, 0) is 0 Å². The molecule has 0 spiro atoms. The fourth-order valence-corrected chi connectivity index (χ4v) is 3.16. The molecule has 2 atom stereocenters. The smallest absolute Gasteiger partial charge is 0.165 e. The summed E-state index contributed by atoms with van der Waals surface area (Å²) in [6.07, 6.45) is 4.85. The van der Waals surface area contributed by atoms with Crippen LogP contribution >= 0.6 is 22.6 Å². The number of benzene rings is 1. The number of halogens is 1. The zero-order valence-electron chi connectivity index (χ0n) is 9.18. The van der Waals surface area contributed by atoms with Crippen molar-refractivity contribution < 1.29 is 0 Å². The van der Waals surface area contributed by atoms with E-state index in [1.54, 1.807) is 0 Å². The van der Waals surface area contributed by atoms with Gasteiger partial charge in [-0.15, -0.1) is 0 Å². The third kappa shape index (κ3) is 1.96. The first-order valence-electron chi connectivity index (χ1n) is 5.43. The van der Waals surface area contributed by atoms with Crippen LogP contribution in [0.3, 0.4) is 0 Å². The Kier molecular flexibility index (Phi) is 3.49. The fraction of sp³-hybridized carbons (Fsp3) is 0.286. The average molecular weight is 334 g/mol. The maximum atomic E-state index is 9.43. The summed E-state index contributed by atoms with van der Waals surface area (Å²) in [5.74, 6) is -0.130. The number of nitriles is 2. The Morgan fingerprint density at radius 3 is 2.41 bits per heavy atom. The van der Waals surface area contributed by atoms with Crippen LogP contribution in [0.2, 0.25) is 0 Å². The first kappa shape index (κ1) is 12.1. The minimum absolute atomic E-state index is 0.0327. The molecule has 84 valence electrons. The molecule has 0 saturated carbocycles. The van der Waals surface area contributed by atoms with Crippen LogP contribution in [0.25, 0.3) is 0 Å². The Morgan fingerprint density at radius 1 is 1.18 bits per heavy atom. The molecule has 3 heteroatoms. The molecule has 2 rings (SSSR count). The number of rotatable bonds is 1. The van der Waals surface area contributed by atoms with E-state index in [9.17, 15) is 10.5 Å². The summed E-state index contributed by atoms with van der Waals surface area (Å²) in [6, 6.07) is 14.3. The molecule has 2 nitrogen and oxygen atoms in total. The molecule has 1 aromatic rings. The van der Waals surface area contributed by atoms with E-state index in [1.807, 2.05) is 36.4 Å². The van der Waals surface area contributed by atoms with E-state index < -0.39 is 5.41 Å². The summed E-state index contributed by atoms with van der Waals surface area (Å²) in [5.41, 5.74) is 0.0876. The Labute approximate surface area is 115 Å². The second-order valence-corrected chi connectivity index (χ2v) is 5.62. The van der Waals surface area contributed by atoms with Gasteiger partial charge in [-0.2, -0.15) is 10.5 Å². The predicted molar refractivity (Wildman–Crippen MR) is 74.4 cm³/mol. The molecule has 0 fully saturated rings. The largest absolute Gasteiger partial charge is 0.196 e. The molecule has 0 saturated heterocycles. The quantitative estimate of drug-likeness (QED) is 0.448. The van der Waals surface area contributed by atoms with E-state index in [0.29, 0.717) is 0 Å². The van der Waals surface area contributed by atoms with E-state index in [1.165, 1.54) is 0 Å². The zero-order valence-corrected chi connectivity index (χ0v) is 11.3. The van der Waals surface area contributed by atoms with Crippen LogP contribution in [0.4, 0.5) is 0 Å². The first-order chi connectivity index (χ1) is 8.24. The summed E-state index contributed by atoms with van der Waals surface area (Å²) < 4.78 is 0.0327. The molecule has 1 aliphatic rings. The highest BCUT2D eigenvalue weighted by atomic mass is 127. The SMILES string of the molecule is N#CC1(C#N)C(I)CC=CC1c1ccccc1. The molecule has 0 bridgehead atoms. The van der Waals surface area contributed by atoms with Crippen LogP contribution in [0.1, 0.15) is 17.9 Å². The molecule has 1 aliphatic carbocycles.